The highest BCUT2D eigenvalue weighted by Crippen LogP contribution is 2.19. The molecule has 2 aromatic rings. The minimum atomic E-state index is -3.51. The van der Waals surface area contributed by atoms with Gasteiger partial charge in [0, 0.05) is 31.7 Å². The van der Waals surface area contributed by atoms with Gasteiger partial charge in [-0.25, -0.2) is 8.42 Å². The van der Waals surface area contributed by atoms with Gasteiger partial charge in [0.25, 0.3) is 5.91 Å². The third-order valence-corrected chi connectivity index (χ3v) is 6.14. The Bertz CT molecular complexity index is 844. The van der Waals surface area contributed by atoms with Crippen LogP contribution in [-0.4, -0.2) is 56.8 Å². The number of carbonyl (C=O) groups excluding carboxylic acids is 1. The van der Waals surface area contributed by atoms with Gasteiger partial charge in [-0.3, -0.25) is 4.79 Å². The molecule has 1 saturated heterocycles. The Morgan fingerprint density at radius 1 is 0.960 bits per heavy atom. The summed E-state index contributed by atoms with van der Waals surface area (Å²) in [7, 11) is -1.96. The van der Waals surface area contributed by atoms with Crippen molar-refractivity contribution in [3.63, 3.8) is 0 Å². The lowest BCUT2D eigenvalue weighted by Crippen LogP contribution is -2.50. The first-order valence-electron chi connectivity index (χ1n) is 8.01. The van der Waals surface area contributed by atoms with Gasteiger partial charge in [0.05, 0.1) is 12.0 Å². The molecule has 1 fully saturated rings. The molecular formula is C18H20N2O4S. The highest BCUT2D eigenvalue weighted by Gasteiger charge is 2.30. The maximum Gasteiger partial charge on any atom is 0.254 e. The van der Waals surface area contributed by atoms with E-state index in [1.807, 2.05) is 0 Å². The van der Waals surface area contributed by atoms with Gasteiger partial charge in [-0.2, -0.15) is 4.31 Å². The minimum absolute atomic E-state index is 0.115. The number of rotatable bonds is 4. The zero-order chi connectivity index (χ0) is 17.9. The highest BCUT2D eigenvalue weighted by molar-refractivity contribution is 7.89. The van der Waals surface area contributed by atoms with Gasteiger partial charge in [-0.05, 0) is 30.3 Å². The molecule has 7 heteroatoms. The van der Waals surface area contributed by atoms with Crippen molar-refractivity contribution in [1.29, 1.82) is 0 Å². The van der Waals surface area contributed by atoms with Crippen molar-refractivity contribution < 1.29 is 17.9 Å². The van der Waals surface area contributed by atoms with E-state index in [0.717, 1.165) is 0 Å². The van der Waals surface area contributed by atoms with Crippen LogP contribution < -0.4 is 4.74 Å². The summed E-state index contributed by atoms with van der Waals surface area (Å²) in [4.78, 5) is 14.5. The van der Waals surface area contributed by atoms with Gasteiger partial charge in [-0.1, -0.05) is 24.3 Å². The van der Waals surface area contributed by atoms with E-state index < -0.39 is 10.0 Å². The number of hydrogen-bond donors (Lipinski definition) is 0. The van der Waals surface area contributed by atoms with Crippen LogP contribution in [0.4, 0.5) is 0 Å². The molecule has 0 bridgehead atoms. The van der Waals surface area contributed by atoms with Gasteiger partial charge >= 0.3 is 0 Å². The topological polar surface area (TPSA) is 66.9 Å². The molecule has 132 valence electrons. The van der Waals surface area contributed by atoms with Crippen molar-refractivity contribution in [2.75, 3.05) is 33.3 Å². The third kappa shape index (κ3) is 3.67. The van der Waals surface area contributed by atoms with E-state index in [4.69, 9.17) is 4.74 Å². The van der Waals surface area contributed by atoms with E-state index in [9.17, 15) is 13.2 Å². The zero-order valence-corrected chi connectivity index (χ0v) is 14.8. The number of methoxy groups -OCH3 is 1. The number of benzene rings is 2. The Morgan fingerprint density at radius 3 is 2.28 bits per heavy atom. The van der Waals surface area contributed by atoms with Gasteiger partial charge < -0.3 is 9.64 Å². The largest absolute Gasteiger partial charge is 0.497 e. The fraction of sp³-hybridized carbons (Fsp3) is 0.278. The number of ether oxygens (including phenoxy) is 1. The molecule has 2 aromatic carbocycles. The molecule has 0 atom stereocenters. The lowest BCUT2D eigenvalue weighted by molar-refractivity contribution is 0.0697. The second-order valence-electron chi connectivity index (χ2n) is 5.74. The third-order valence-electron chi connectivity index (χ3n) is 4.22. The molecule has 1 aliphatic rings. The van der Waals surface area contributed by atoms with E-state index in [0.29, 0.717) is 24.4 Å². The predicted octanol–water partition coefficient (Wildman–Crippen LogP) is 1.84. The summed E-state index contributed by atoms with van der Waals surface area (Å²) in [5.74, 6) is 0.506. The summed E-state index contributed by atoms with van der Waals surface area (Å²) in [5.41, 5.74) is 0.540. The summed E-state index contributed by atoms with van der Waals surface area (Å²) in [5, 5.41) is 0. The summed E-state index contributed by atoms with van der Waals surface area (Å²) >= 11 is 0. The van der Waals surface area contributed by atoms with Crippen molar-refractivity contribution >= 4 is 15.9 Å². The molecule has 1 heterocycles. The Morgan fingerprint density at radius 2 is 1.64 bits per heavy atom. The normalized spacial score (nSPS) is 15.8. The maximum atomic E-state index is 12.6. The van der Waals surface area contributed by atoms with Gasteiger partial charge in [0.2, 0.25) is 10.0 Å². The molecule has 0 unspecified atom stereocenters. The molecule has 0 aromatic heterocycles. The van der Waals surface area contributed by atoms with Crippen LogP contribution in [0.3, 0.4) is 0 Å². The summed E-state index contributed by atoms with van der Waals surface area (Å²) in [6.45, 7) is 1.30. The molecule has 1 amide bonds. The predicted molar refractivity (Wildman–Crippen MR) is 94.1 cm³/mol. The number of carbonyl (C=O) groups is 1. The summed E-state index contributed by atoms with van der Waals surface area (Å²) in [6, 6.07) is 15.3. The number of hydrogen-bond acceptors (Lipinski definition) is 4. The Labute approximate surface area is 147 Å². The van der Waals surface area contributed by atoms with Crippen LogP contribution in [0.25, 0.3) is 0 Å². The Hall–Kier alpha value is -2.38. The molecule has 0 spiro atoms. The number of piperazine rings is 1. The average Bonchev–Trinajstić information content (AvgIpc) is 2.68. The first-order valence-corrected chi connectivity index (χ1v) is 9.45. The highest BCUT2D eigenvalue weighted by atomic mass is 32.2. The van der Waals surface area contributed by atoms with Crippen LogP contribution >= 0.6 is 0 Å². The molecule has 3 rings (SSSR count). The van der Waals surface area contributed by atoms with Crippen LogP contribution in [0.2, 0.25) is 0 Å². The van der Waals surface area contributed by atoms with Crippen LogP contribution in [0.15, 0.2) is 59.5 Å². The monoisotopic (exact) mass is 360 g/mol. The fourth-order valence-electron chi connectivity index (χ4n) is 2.81. The standard InChI is InChI=1S/C18H20N2O4S/c1-24-16-7-5-6-15(14-16)18(21)19-10-12-20(13-11-19)25(22,23)17-8-3-2-4-9-17/h2-9,14H,10-13H2,1H3. The number of nitrogens with zero attached hydrogens (tertiary/aromatic N) is 2. The lowest BCUT2D eigenvalue weighted by atomic mass is 10.1. The van der Waals surface area contributed by atoms with Crippen molar-refractivity contribution in [2.45, 2.75) is 4.90 Å². The van der Waals surface area contributed by atoms with Crippen molar-refractivity contribution in [3.05, 3.63) is 60.2 Å². The molecule has 0 N–H and O–H groups in total. The van der Waals surface area contributed by atoms with Crippen LogP contribution in [0.5, 0.6) is 5.75 Å². The van der Waals surface area contributed by atoms with E-state index >= 15 is 0 Å². The fourth-order valence-corrected chi connectivity index (χ4v) is 4.25. The molecule has 1 aliphatic heterocycles. The Kier molecular flexibility index (Phi) is 5.06. The minimum Gasteiger partial charge on any atom is -0.497 e. The quantitative estimate of drug-likeness (QED) is 0.834. The SMILES string of the molecule is COc1cccc(C(=O)N2CCN(S(=O)(=O)c3ccccc3)CC2)c1. The average molecular weight is 360 g/mol. The van der Waals surface area contributed by atoms with Crippen molar-refractivity contribution in [1.82, 2.24) is 9.21 Å². The summed E-state index contributed by atoms with van der Waals surface area (Å²) in [6.07, 6.45) is 0. The summed E-state index contributed by atoms with van der Waals surface area (Å²) < 4.78 is 31.8. The van der Waals surface area contributed by atoms with Crippen LogP contribution in [-0.2, 0) is 10.0 Å². The van der Waals surface area contributed by atoms with E-state index in [-0.39, 0.29) is 23.9 Å². The smallest absolute Gasteiger partial charge is 0.254 e. The van der Waals surface area contributed by atoms with Gasteiger partial charge in [-0.15, -0.1) is 0 Å². The molecule has 0 saturated carbocycles. The number of amides is 1. The van der Waals surface area contributed by atoms with Gasteiger partial charge in [0.1, 0.15) is 5.75 Å². The maximum absolute atomic E-state index is 12.6. The van der Waals surface area contributed by atoms with Crippen LogP contribution in [0, 0.1) is 0 Å². The molecule has 6 nitrogen and oxygen atoms in total. The first kappa shape index (κ1) is 17.4. The number of sulfonamides is 1. The molecule has 25 heavy (non-hydrogen) atoms. The van der Waals surface area contributed by atoms with Crippen LogP contribution in [0.1, 0.15) is 10.4 Å². The molecule has 0 radical (unpaired) electrons. The molecular weight excluding hydrogens is 340 g/mol. The van der Waals surface area contributed by atoms with Crippen molar-refractivity contribution in [3.8, 4) is 5.75 Å². The van der Waals surface area contributed by atoms with Gasteiger partial charge in [0.15, 0.2) is 0 Å². The lowest BCUT2D eigenvalue weighted by Gasteiger charge is -2.34. The van der Waals surface area contributed by atoms with E-state index in [1.165, 1.54) is 4.31 Å². The zero-order valence-electron chi connectivity index (χ0n) is 14.0. The second-order valence-corrected chi connectivity index (χ2v) is 7.68. The first-order chi connectivity index (χ1) is 12.0. The molecule has 0 aliphatic carbocycles. The van der Waals surface area contributed by atoms with E-state index in [1.54, 1.807) is 66.6 Å². The van der Waals surface area contributed by atoms with Crippen molar-refractivity contribution in [2.24, 2.45) is 0 Å². The second kappa shape index (κ2) is 7.25. The Balaban J connectivity index is 1.68. The van der Waals surface area contributed by atoms with E-state index in [2.05, 4.69) is 0 Å².